The molecule has 3 atom stereocenters. The van der Waals surface area contributed by atoms with Gasteiger partial charge in [-0.2, -0.15) is 4.31 Å². The second-order valence-corrected chi connectivity index (χ2v) is 7.58. The van der Waals surface area contributed by atoms with E-state index in [1.165, 1.54) is 0 Å². The molecule has 2 fully saturated rings. The summed E-state index contributed by atoms with van der Waals surface area (Å²) in [6.45, 7) is 0. The van der Waals surface area contributed by atoms with Crippen LogP contribution in [-0.2, 0) is 24.3 Å². The number of methoxy groups -OCH3 is 1. The molecular weight excluding hydrogens is 298 g/mol. The lowest BCUT2D eigenvalue weighted by atomic mass is 9.78. The zero-order chi connectivity index (χ0) is 15.6. The number of hydrogen-bond acceptors (Lipinski definition) is 5. The van der Waals surface area contributed by atoms with Crippen molar-refractivity contribution >= 4 is 22.0 Å². The normalized spacial score (nSPS) is 30.4. The molecule has 7 nitrogen and oxygen atoms in total. The minimum Gasteiger partial charge on any atom is -0.480 e. The van der Waals surface area contributed by atoms with E-state index in [1.54, 1.807) is 0 Å². The van der Waals surface area contributed by atoms with Gasteiger partial charge >= 0.3 is 11.9 Å². The Kier molecular flexibility index (Phi) is 4.88. The molecule has 1 saturated heterocycles. The van der Waals surface area contributed by atoms with E-state index in [-0.39, 0.29) is 12.0 Å². The van der Waals surface area contributed by atoms with Crippen molar-refractivity contribution in [2.45, 2.75) is 50.6 Å². The Balaban J connectivity index is 2.31. The standard InChI is InChI=1S/C13H21NO6S/c1-20-12(15)8-21(18,19)14-10-5-3-2-4-9(10)6-7-11(14)13(16)17/h9-11H,2-8H2,1H3,(H,16,17). The summed E-state index contributed by atoms with van der Waals surface area (Å²) < 4.78 is 30.5. The first-order valence-electron chi connectivity index (χ1n) is 7.17. The van der Waals surface area contributed by atoms with Gasteiger partial charge in [0.2, 0.25) is 10.0 Å². The van der Waals surface area contributed by atoms with Crippen molar-refractivity contribution < 1.29 is 27.9 Å². The number of aliphatic carboxylic acids is 1. The van der Waals surface area contributed by atoms with E-state index in [0.29, 0.717) is 12.8 Å². The molecule has 0 radical (unpaired) electrons. The number of carbonyl (C=O) groups is 2. The van der Waals surface area contributed by atoms with Gasteiger partial charge in [0.05, 0.1) is 7.11 Å². The van der Waals surface area contributed by atoms with Crippen LogP contribution in [-0.4, -0.2) is 54.7 Å². The molecule has 0 aromatic heterocycles. The Morgan fingerprint density at radius 3 is 2.48 bits per heavy atom. The molecule has 0 bridgehead atoms. The van der Waals surface area contributed by atoms with E-state index in [0.717, 1.165) is 37.1 Å². The number of hydrogen-bond donors (Lipinski definition) is 1. The molecule has 1 aliphatic carbocycles. The van der Waals surface area contributed by atoms with Gasteiger partial charge < -0.3 is 9.84 Å². The molecule has 2 rings (SSSR count). The van der Waals surface area contributed by atoms with Gasteiger partial charge in [0.25, 0.3) is 0 Å². The maximum Gasteiger partial charge on any atom is 0.322 e. The van der Waals surface area contributed by atoms with Crippen LogP contribution >= 0.6 is 0 Å². The summed E-state index contributed by atoms with van der Waals surface area (Å²) in [5.74, 6) is -2.61. The molecular formula is C13H21NO6S. The lowest BCUT2D eigenvalue weighted by molar-refractivity contribution is -0.145. The number of rotatable bonds is 4. The summed E-state index contributed by atoms with van der Waals surface area (Å²) >= 11 is 0. The number of esters is 1. The summed E-state index contributed by atoms with van der Waals surface area (Å²) in [7, 11) is -2.86. The van der Waals surface area contributed by atoms with Gasteiger partial charge in [-0.3, -0.25) is 9.59 Å². The van der Waals surface area contributed by atoms with E-state index in [4.69, 9.17) is 0 Å². The van der Waals surface area contributed by atoms with E-state index < -0.39 is 33.8 Å². The van der Waals surface area contributed by atoms with Crippen LogP contribution < -0.4 is 0 Å². The molecule has 3 unspecified atom stereocenters. The van der Waals surface area contributed by atoms with Crippen LogP contribution in [0, 0.1) is 5.92 Å². The third-order valence-electron chi connectivity index (χ3n) is 4.45. The number of carboxylic acid groups (broad SMARTS) is 1. The van der Waals surface area contributed by atoms with Crippen LogP contribution in [0.5, 0.6) is 0 Å². The Morgan fingerprint density at radius 1 is 1.19 bits per heavy atom. The lowest BCUT2D eigenvalue weighted by Gasteiger charge is -2.45. The van der Waals surface area contributed by atoms with Crippen LogP contribution in [0.25, 0.3) is 0 Å². The molecule has 8 heteroatoms. The maximum absolute atomic E-state index is 12.5. The van der Waals surface area contributed by atoms with Gasteiger partial charge in [-0.15, -0.1) is 0 Å². The Morgan fingerprint density at radius 2 is 1.86 bits per heavy atom. The average Bonchev–Trinajstić information content (AvgIpc) is 2.45. The van der Waals surface area contributed by atoms with Crippen molar-refractivity contribution in [1.29, 1.82) is 0 Å². The van der Waals surface area contributed by atoms with Crippen molar-refractivity contribution in [3.63, 3.8) is 0 Å². The minimum atomic E-state index is -3.98. The maximum atomic E-state index is 12.5. The SMILES string of the molecule is COC(=O)CS(=O)(=O)N1C(C(=O)O)CCC2CCCCC21. The fraction of sp³-hybridized carbons (Fsp3) is 0.846. The van der Waals surface area contributed by atoms with Crippen LogP contribution in [0.1, 0.15) is 38.5 Å². The number of sulfonamides is 1. The van der Waals surface area contributed by atoms with Crippen molar-refractivity contribution in [2.24, 2.45) is 5.92 Å². The summed E-state index contributed by atoms with van der Waals surface area (Å²) in [5, 5.41) is 9.33. The molecule has 2 aliphatic rings. The molecule has 1 saturated carbocycles. The van der Waals surface area contributed by atoms with Gasteiger partial charge in [0, 0.05) is 6.04 Å². The fourth-order valence-electron chi connectivity index (χ4n) is 3.51. The largest absolute Gasteiger partial charge is 0.480 e. The van der Waals surface area contributed by atoms with Gasteiger partial charge in [-0.05, 0) is 31.6 Å². The van der Waals surface area contributed by atoms with Crippen molar-refractivity contribution in [1.82, 2.24) is 4.31 Å². The second-order valence-electron chi connectivity index (χ2n) is 5.71. The smallest absolute Gasteiger partial charge is 0.322 e. The number of carboxylic acids is 1. The van der Waals surface area contributed by atoms with Crippen LogP contribution in [0.4, 0.5) is 0 Å². The number of piperidine rings is 1. The quantitative estimate of drug-likeness (QED) is 0.761. The molecule has 120 valence electrons. The third kappa shape index (κ3) is 3.37. The van der Waals surface area contributed by atoms with Crippen molar-refractivity contribution in [2.75, 3.05) is 12.9 Å². The highest BCUT2D eigenvalue weighted by Crippen LogP contribution is 2.39. The van der Waals surface area contributed by atoms with E-state index in [1.807, 2.05) is 0 Å². The average molecular weight is 319 g/mol. The predicted molar refractivity (Wildman–Crippen MR) is 74.0 cm³/mol. The second kappa shape index (κ2) is 6.31. The summed E-state index contributed by atoms with van der Waals surface area (Å²) in [5.41, 5.74) is 0. The first kappa shape index (κ1) is 16.2. The van der Waals surface area contributed by atoms with Crippen LogP contribution in [0.15, 0.2) is 0 Å². The van der Waals surface area contributed by atoms with Crippen molar-refractivity contribution in [3.05, 3.63) is 0 Å². The number of ether oxygens (including phenoxy) is 1. The monoisotopic (exact) mass is 319 g/mol. The zero-order valence-corrected chi connectivity index (χ0v) is 12.8. The number of nitrogens with zero attached hydrogens (tertiary/aromatic N) is 1. The highest BCUT2D eigenvalue weighted by Gasteiger charge is 2.47. The van der Waals surface area contributed by atoms with Gasteiger partial charge in [0.1, 0.15) is 6.04 Å². The molecule has 0 spiro atoms. The zero-order valence-electron chi connectivity index (χ0n) is 12.0. The van der Waals surface area contributed by atoms with Crippen LogP contribution in [0.2, 0.25) is 0 Å². The van der Waals surface area contributed by atoms with Gasteiger partial charge in [0.15, 0.2) is 5.75 Å². The predicted octanol–water partition coefficient (Wildman–Crippen LogP) is 0.597. The fourth-order valence-corrected chi connectivity index (χ4v) is 5.34. The summed E-state index contributed by atoms with van der Waals surface area (Å²) in [4.78, 5) is 22.8. The summed E-state index contributed by atoms with van der Waals surface area (Å²) in [6, 6.07) is -1.37. The number of carbonyl (C=O) groups excluding carboxylic acids is 1. The van der Waals surface area contributed by atoms with E-state index >= 15 is 0 Å². The van der Waals surface area contributed by atoms with Gasteiger partial charge in [-0.25, -0.2) is 8.42 Å². The highest BCUT2D eigenvalue weighted by atomic mass is 32.2. The molecule has 21 heavy (non-hydrogen) atoms. The third-order valence-corrected chi connectivity index (χ3v) is 6.22. The molecule has 0 aromatic rings. The minimum absolute atomic E-state index is 0.196. The molecule has 1 heterocycles. The number of fused-ring (bicyclic) bond motifs is 1. The van der Waals surface area contributed by atoms with Crippen molar-refractivity contribution in [3.8, 4) is 0 Å². The highest BCUT2D eigenvalue weighted by molar-refractivity contribution is 7.89. The molecule has 1 aliphatic heterocycles. The first-order chi connectivity index (χ1) is 9.86. The Hall–Kier alpha value is -1.15. The lowest BCUT2D eigenvalue weighted by Crippen LogP contribution is -2.58. The Bertz CT molecular complexity index is 517. The molecule has 1 N–H and O–H groups in total. The van der Waals surface area contributed by atoms with E-state index in [2.05, 4.69) is 4.74 Å². The van der Waals surface area contributed by atoms with E-state index in [9.17, 15) is 23.1 Å². The molecule has 0 amide bonds. The molecule has 0 aromatic carbocycles. The topological polar surface area (TPSA) is 101 Å². The summed E-state index contributed by atoms with van der Waals surface area (Å²) in [6.07, 6.45) is 4.54. The Labute approximate surface area is 124 Å². The van der Waals surface area contributed by atoms with Crippen LogP contribution in [0.3, 0.4) is 0 Å². The van der Waals surface area contributed by atoms with Gasteiger partial charge in [-0.1, -0.05) is 12.8 Å². The first-order valence-corrected chi connectivity index (χ1v) is 8.78.